The molecule has 0 atom stereocenters. The summed E-state index contributed by atoms with van der Waals surface area (Å²) in [4.78, 5) is 0. The summed E-state index contributed by atoms with van der Waals surface area (Å²) >= 11 is -4.61. The Hall–Kier alpha value is -1.63. The normalized spacial score (nSPS) is 13.9. The summed E-state index contributed by atoms with van der Waals surface area (Å²) in [5.74, 6) is -13.5. The Bertz CT molecular complexity index is 687. The Kier molecular flexibility index (Phi) is 5.43. The summed E-state index contributed by atoms with van der Waals surface area (Å²) in [6, 6.07) is 11.7. The number of hydrogen-bond donors (Lipinski definition) is 0. The van der Waals surface area contributed by atoms with E-state index in [1.807, 2.05) is 0 Å². The van der Waals surface area contributed by atoms with Gasteiger partial charge in [0.05, 0.1) is 0 Å². The first-order chi connectivity index (χ1) is 11.8. The van der Waals surface area contributed by atoms with E-state index >= 15 is 0 Å². The van der Waals surface area contributed by atoms with Gasteiger partial charge in [-0.15, -0.1) is 0 Å². The summed E-state index contributed by atoms with van der Waals surface area (Å²) in [5.41, 5.74) is 0. The Balaban J connectivity index is 2.67. The van der Waals surface area contributed by atoms with Crippen molar-refractivity contribution >= 4 is 23.4 Å². The van der Waals surface area contributed by atoms with Crippen LogP contribution in [0.15, 0.2) is 60.7 Å². The Morgan fingerprint density at radius 3 is 1.15 bits per heavy atom. The topological polar surface area (TPSA) is 0 Å². The number of alkyl halides is 9. The van der Waals surface area contributed by atoms with E-state index in [2.05, 4.69) is 0 Å². The third-order valence-electron chi connectivity index (χ3n) is 3.44. The molecule has 0 fully saturated rings. The molecule has 2 rings (SSSR count). The zero-order valence-corrected chi connectivity index (χ0v) is 14.5. The summed E-state index contributed by atoms with van der Waals surface area (Å²) in [5, 5.41) is 0. The van der Waals surface area contributed by atoms with Crippen LogP contribution in [0.5, 0.6) is 0 Å². The predicted molar refractivity (Wildman–Crippen MR) is 78.8 cm³/mol. The van der Waals surface area contributed by atoms with Gasteiger partial charge in [-0.1, -0.05) is 0 Å². The molecule has 0 aliphatic rings. The number of hydrogen-bond acceptors (Lipinski definition) is 0. The molecule has 26 heavy (non-hydrogen) atoms. The van der Waals surface area contributed by atoms with E-state index in [4.69, 9.17) is 0 Å². The summed E-state index contributed by atoms with van der Waals surface area (Å²) in [6.07, 6.45) is -6.83. The van der Waals surface area contributed by atoms with Gasteiger partial charge in [0.25, 0.3) is 0 Å². The van der Waals surface area contributed by atoms with Crippen LogP contribution in [0, 0.1) is 0 Å². The maximum atomic E-state index is 14.6. The summed E-state index contributed by atoms with van der Waals surface area (Å²) < 4.78 is 114. The van der Waals surface area contributed by atoms with Gasteiger partial charge in [0.1, 0.15) is 0 Å². The molecule has 2 aromatic carbocycles. The van der Waals surface area contributed by atoms with Crippen LogP contribution >= 0.6 is 0 Å². The molecule has 142 valence electrons. The van der Waals surface area contributed by atoms with Crippen LogP contribution in [-0.2, 0) is 0 Å². The van der Waals surface area contributed by atoms with Crippen molar-refractivity contribution in [2.75, 3.05) is 0 Å². The summed E-state index contributed by atoms with van der Waals surface area (Å²) in [6.45, 7) is 0. The molecule has 10 heteroatoms. The van der Waals surface area contributed by atoms with Crippen LogP contribution < -0.4 is 8.70 Å². The van der Waals surface area contributed by atoms with Crippen LogP contribution in [0.4, 0.5) is 39.5 Å². The van der Waals surface area contributed by atoms with Crippen LogP contribution in [0.1, 0.15) is 0 Å². The maximum absolute atomic E-state index is 14.6. The number of rotatable bonds is 5. The van der Waals surface area contributed by atoms with E-state index in [0.717, 1.165) is 24.3 Å². The minimum absolute atomic E-state index is 0.381. The van der Waals surface area contributed by atoms with E-state index < -0.39 is 37.4 Å². The van der Waals surface area contributed by atoms with Gasteiger partial charge in [-0.25, -0.2) is 0 Å². The molecule has 0 unspecified atom stereocenters. The van der Waals surface area contributed by atoms with Crippen molar-refractivity contribution in [3.63, 3.8) is 0 Å². The molecule has 0 aromatic heterocycles. The number of halogens is 9. The first-order valence-electron chi connectivity index (χ1n) is 6.94. The Morgan fingerprint density at radius 2 is 0.846 bits per heavy atom. The second kappa shape index (κ2) is 6.83. The molecule has 0 spiro atoms. The molecule has 0 aliphatic carbocycles. The number of benzene rings is 2. The fourth-order valence-corrected chi connectivity index (χ4v) is 6.98. The van der Waals surface area contributed by atoms with Gasteiger partial charge in [0.15, 0.2) is 0 Å². The average Bonchev–Trinajstić information content (AvgIpc) is 2.55. The molecule has 0 nitrogen and oxygen atoms in total. The molecule has 0 bridgehead atoms. The fourth-order valence-electron chi connectivity index (χ4n) is 2.13. The quantitative estimate of drug-likeness (QED) is 0.473. The molecular weight excluding hydrogens is 438 g/mol. The van der Waals surface area contributed by atoms with Gasteiger partial charge in [0.2, 0.25) is 0 Å². The van der Waals surface area contributed by atoms with Gasteiger partial charge < -0.3 is 0 Å². The Labute approximate surface area is 146 Å². The average molecular weight is 448 g/mol. The fraction of sp³-hybridized carbons (Fsp3) is 0.250. The molecule has 0 saturated carbocycles. The van der Waals surface area contributed by atoms with Crippen LogP contribution in [0.3, 0.4) is 0 Å². The SMILES string of the molecule is FC(F)(F)C(F)(F)C(F)(F)C(F)(F)[As](c1ccccc1)c1ccccc1. The van der Waals surface area contributed by atoms with Crippen LogP contribution in [0.25, 0.3) is 0 Å². The van der Waals surface area contributed by atoms with Crippen LogP contribution in [-0.4, -0.2) is 37.4 Å². The van der Waals surface area contributed by atoms with Gasteiger partial charge in [-0.05, 0) is 0 Å². The van der Waals surface area contributed by atoms with Crippen LogP contribution in [0.2, 0.25) is 0 Å². The van der Waals surface area contributed by atoms with Crippen molar-refractivity contribution in [3.8, 4) is 0 Å². The molecule has 0 radical (unpaired) electrons. The van der Waals surface area contributed by atoms with E-state index in [9.17, 15) is 39.5 Å². The van der Waals surface area contributed by atoms with Gasteiger partial charge >= 0.3 is 146 Å². The van der Waals surface area contributed by atoms with E-state index in [0.29, 0.717) is 0 Å². The van der Waals surface area contributed by atoms with Gasteiger partial charge in [0, 0.05) is 0 Å². The van der Waals surface area contributed by atoms with E-state index in [1.165, 1.54) is 36.4 Å². The minimum atomic E-state index is -6.89. The molecule has 0 N–H and O–H groups in total. The first kappa shape index (κ1) is 20.7. The van der Waals surface area contributed by atoms with Crippen molar-refractivity contribution in [1.82, 2.24) is 0 Å². The van der Waals surface area contributed by atoms with Crippen molar-refractivity contribution in [2.24, 2.45) is 0 Å². The molecule has 0 aliphatic heterocycles. The second-order valence-electron chi connectivity index (χ2n) is 5.19. The summed E-state index contributed by atoms with van der Waals surface area (Å²) in [7, 11) is 0. The molecule has 0 saturated heterocycles. The third kappa shape index (κ3) is 3.33. The van der Waals surface area contributed by atoms with E-state index in [-0.39, 0.29) is 8.70 Å². The van der Waals surface area contributed by atoms with Crippen molar-refractivity contribution in [2.45, 2.75) is 22.7 Å². The Morgan fingerprint density at radius 1 is 0.500 bits per heavy atom. The van der Waals surface area contributed by atoms with Gasteiger partial charge in [-0.3, -0.25) is 0 Å². The standard InChI is InChI=1S/C16H10AsF9/c18-13(19,14(20,21)16(24,25)26)15(22,23)17(11-7-3-1-4-8-11)12-9-5-2-6-10-12/h1-10H. The second-order valence-corrected chi connectivity index (χ2v) is 9.95. The first-order valence-corrected chi connectivity index (χ1v) is 9.76. The van der Waals surface area contributed by atoms with Crippen molar-refractivity contribution < 1.29 is 39.5 Å². The predicted octanol–water partition coefficient (Wildman–Crippen LogP) is 4.30. The molecule has 0 amide bonds. The zero-order valence-electron chi connectivity index (χ0n) is 12.6. The van der Waals surface area contributed by atoms with Gasteiger partial charge in [-0.2, -0.15) is 0 Å². The van der Waals surface area contributed by atoms with Crippen molar-refractivity contribution in [3.05, 3.63) is 60.7 Å². The monoisotopic (exact) mass is 448 g/mol. The molecular formula is C16H10AsF9. The molecule has 0 heterocycles. The third-order valence-corrected chi connectivity index (χ3v) is 8.62. The molecule has 2 aromatic rings. The van der Waals surface area contributed by atoms with Crippen molar-refractivity contribution in [1.29, 1.82) is 0 Å². The zero-order chi connectivity index (χ0) is 19.8. The van der Waals surface area contributed by atoms with E-state index in [1.54, 1.807) is 0 Å².